The van der Waals surface area contributed by atoms with Crippen LogP contribution in [0.2, 0.25) is 0 Å². The summed E-state index contributed by atoms with van der Waals surface area (Å²) in [5, 5.41) is 0.0748. The number of rotatable bonds is 3. The molecular formula is C11H15NO2S. The van der Waals surface area contributed by atoms with Crippen molar-refractivity contribution in [3.8, 4) is 5.75 Å². The number of carbonyl (C=O) groups is 1. The summed E-state index contributed by atoms with van der Waals surface area (Å²) in [6.07, 6.45) is 0. The van der Waals surface area contributed by atoms with Crippen LogP contribution in [0.1, 0.15) is 5.56 Å². The molecule has 1 aromatic carbocycles. The van der Waals surface area contributed by atoms with Gasteiger partial charge < -0.3 is 9.64 Å². The van der Waals surface area contributed by atoms with Crippen molar-refractivity contribution in [2.24, 2.45) is 0 Å². The zero-order chi connectivity index (χ0) is 11.3. The van der Waals surface area contributed by atoms with Gasteiger partial charge in [0.25, 0.3) is 5.24 Å². The van der Waals surface area contributed by atoms with Crippen molar-refractivity contribution >= 4 is 17.0 Å². The lowest BCUT2D eigenvalue weighted by Gasteiger charge is -2.09. The maximum absolute atomic E-state index is 11.3. The molecule has 82 valence electrons. The second-order valence-corrected chi connectivity index (χ2v) is 4.22. The summed E-state index contributed by atoms with van der Waals surface area (Å²) >= 11 is 1.30. The fourth-order valence-electron chi connectivity index (χ4n) is 0.996. The van der Waals surface area contributed by atoms with Crippen LogP contribution in [-0.2, 0) is 5.75 Å². The van der Waals surface area contributed by atoms with E-state index < -0.39 is 0 Å². The summed E-state index contributed by atoms with van der Waals surface area (Å²) in [5.41, 5.74) is 1.12. The van der Waals surface area contributed by atoms with Crippen LogP contribution in [0.3, 0.4) is 0 Å². The normalized spacial score (nSPS) is 9.80. The first kappa shape index (κ1) is 11.9. The first-order valence-corrected chi connectivity index (χ1v) is 5.59. The number of methoxy groups -OCH3 is 1. The van der Waals surface area contributed by atoms with Gasteiger partial charge in [0.05, 0.1) is 7.11 Å². The second kappa shape index (κ2) is 5.66. The molecule has 0 fully saturated rings. The lowest BCUT2D eigenvalue weighted by atomic mass is 10.2. The maximum atomic E-state index is 11.3. The Hall–Kier alpha value is -1.16. The van der Waals surface area contributed by atoms with Crippen molar-refractivity contribution in [1.82, 2.24) is 4.90 Å². The maximum Gasteiger partial charge on any atom is 0.281 e. The Kier molecular flexibility index (Phi) is 4.49. The SMILES string of the molecule is COc1ccc(CSC(=O)N(C)C)cc1. The van der Waals surface area contributed by atoms with Gasteiger partial charge in [-0.15, -0.1) is 0 Å². The fourth-order valence-corrected chi connectivity index (χ4v) is 1.74. The van der Waals surface area contributed by atoms with E-state index in [1.807, 2.05) is 24.3 Å². The molecule has 0 unspecified atom stereocenters. The summed E-state index contributed by atoms with van der Waals surface area (Å²) < 4.78 is 5.05. The van der Waals surface area contributed by atoms with E-state index >= 15 is 0 Å². The summed E-state index contributed by atoms with van der Waals surface area (Å²) in [7, 11) is 5.14. The van der Waals surface area contributed by atoms with Crippen LogP contribution in [-0.4, -0.2) is 31.3 Å². The minimum absolute atomic E-state index is 0.0748. The Morgan fingerprint density at radius 3 is 2.40 bits per heavy atom. The standard InChI is InChI=1S/C11H15NO2S/c1-12(2)11(13)15-8-9-4-6-10(14-3)7-5-9/h4-7H,8H2,1-3H3. The quantitative estimate of drug-likeness (QED) is 0.792. The zero-order valence-corrected chi connectivity index (χ0v) is 10.0. The molecule has 3 nitrogen and oxygen atoms in total. The number of nitrogens with zero attached hydrogens (tertiary/aromatic N) is 1. The van der Waals surface area contributed by atoms with Gasteiger partial charge in [0.15, 0.2) is 0 Å². The van der Waals surface area contributed by atoms with E-state index in [1.54, 1.807) is 26.1 Å². The summed E-state index contributed by atoms with van der Waals surface area (Å²) in [4.78, 5) is 12.9. The summed E-state index contributed by atoms with van der Waals surface area (Å²) in [5.74, 6) is 1.53. The number of benzene rings is 1. The highest BCUT2D eigenvalue weighted by Gasteiger charge is 2.04. The molecule has 1 rings (SSSR count). The van der Waals surface area contributed by atoms with Crippen LogP contribution in [0.25, 0.3) is 0 Å². The molecule has 0 bridgehead atoms. The highest BCUT2D eigenvalue weighted by Crippen LogP contribution is 2.17. The molecule has 0 aliphatic carbocycles. The molecule has 0 saturated carbocycles. The minimum Gasteiger partial charge on any atom is -0.497 e. The third kappa shape index (κ3) is 3.83. The first-order chi connectivity index (χ1) is 7.13. The van der Waals surface area contributed by atoms with Crippen LogP contribution in [0.4, 0.5) is 4.79 Å². The summed E-state index contributed by atoms with van der Waals surface area (Å²) in [6, 6.07) is 7.73. The number of hydrogen-bond acceptors (Lipinski definition) is 3. The van der Waals surface area contributed by atoms with Crippen molar-refractivity contribution in [2.45, 2.75) is 5.75 Å². The third-order valence-electron chi connectivity index (χ3n) is 1.89. The Bertz CT molecular complexity index is 322. The van der Waals surface area contributed by atoms with Crippen LogP contribution in [0.5, 0.6) is 5.75 Å². The molecule has 4 heteroatoms. The number of hydrogen-bond donors (Lipinski definition) is 0. The van der Waals surface area contributed by atoms with Crippen LogP contribution < -0.4 is 4.74 Å². The molecule has 0 aliphatic heterocycles. The Balaban J connectivity index is 2.47. The molecule has 1 aromatic rings. The third-order valence-corrected chi connectivity index (χ3v) is 2.98. The van der Waals surface area contributed by atoms with Gasteiger partial charge in [-0.25, -0.2) is 0 Å². The molecule has 0 spiro atoms. The van der Waals surface area contributed by atoms with E-state index in [-0.39, 0.29) is 5.24 Å². The van der Waals surface area contributed by atoms with E-state index in [4.69, 9.17) is 4.74 Å². The molecular weight excluding hydrogens is 210 g/mol. The fraction of sp³-hybridized carbons (Fsp3) is 0.364. The average molecular weight is 225 g/mol. The van der Waals surface area contributed by atoms with E-state index in [0.717, 1.165) is 11.3 Å². The lowest BCUT2D eigenvalue weighted by molar-refractivity contribution is 0.241. The smallest absolute Gasteiger partial charge is 0.281 e. The van der Waals surface area contributed by atoms with E-state index in [9.17, 15) is 4.79 Å². The molecule has 0 N–H and O–H groups in total. The van der Waals surface area contributed by atoms with Gasteiger partial charge in [-0.3, -0.25) is 4.79 Å². The molecule has 0 aromatic heterocycles. The second-order valence-electron chi connectivity index (χ2n) is 3.30. The van der Waals surface area contributed by atoms with Gasteiger partial charge in [0.1, 0.15) is 5.75 Å². The number of ether oxygens (including phenoxy) is 1. The zero-order valence-electron chi connectivity index (χ0n) is 9.19. The lowest BCUT2D eigenvalue weighted by Crippen LogP contribution is -2.16. The van der Waals surface area contributed by atoms with Crippen molar-refractivity contribution < 1.29 is 9.53 Å². The predicted octanol–water partition coefficient (Wildman–Crippen LogP) is 2.61. The van der Waals surface area contributed by atoms with E-state index in [1.165, 1.54) is 11.8 Å². The molecule has 0 aliphatic rings. The van der Waals surface area contributed by atoms with Crippen molar-refractivity contribution in [3.05, 3.63) is 29.8 Å². The van der Waals surface area contributed by atoms with Crippen LogP contribution >= 0.6 is 11.8 Å². The molecule has 0 saturated heterocycles. The Morgan fingerprint density at radius 2 is 1.93 bits per heavy atom. The first-order valence-electron chi connectivity index (χ1n) is 4.60. The van der Waals surface area contributed by atoms with Gasteiger partial charge in [-0.2, -0.15) is 0 Å². The van der Waals surface area contributed by atoms with Gasteiger partial charge in [-0.05, 0) is 17.7 Å². The molecule has 0 heterocycles. The Labute approximate surface area is 94.4 Å². The molecule has 15 heavy (non-hydrogen) atoms. The minimum atomic E-state index is 0.0748. The van der Waals surface area contributed by atoms with E-state index in [0.29, 0.717) is 5.75 Å². The molecule has 0 radical (unpaired) electrons. The van der Waals surface area contributed by atoms with Gasteiger partial charge >= 0.3 is 0 Å². The average Bonchev–Trinajstić information content (AvgIpc) is 2.26. The molecule has 1 amide bonds. The number of amides is 1. The highest BCUT2D eigenvalue weighted by molar-refractivity contribution is 8.12. The van der Waals surface area contributed by atoms with Gasteiger partial charge in [-0.1, -0.05) is 23.9 Å². The summed E-state index contributed by atoms with van der Waals surface area (Å²) in [6.45, 7) is 0. The largest absolute Gasteiger partial charge is 0.497 e. The monoisotopic (exact) mass is 225 g/mol. The van der Waals surface area contributed by atoms with Gasteiger partial charge in [0.2, 0.25) is 0 Å². The van der Waals surface area contributed by atoms with E-state index in [2.05, 4.69) is 0 Å². The molecule has 0 atom stereocenters. The van der Waals surface area contributed by atoms with Crippen molar-refractivity contribution in [3.63, 3.8) is 0 Å². The van der Waals surface area contributed by atoms with Gasteiger partial charge in [0, 0.05) is 19.8 Å². The van der Waals surface area contributed by atoms with Crippen LogP contribution in [0.15, 0.2) is 24.3 Å². The van der Waals surface area contributed by atoms with Crippen molar-refractivity contribution in [2.75, 3.05) is 21.2 Å². The Morgan fingerprint density at radius 1 is 1.33 bits per heavy atom. The number of carbonyl (C=O) groups excluding carboxylic acids is 1. The number of thioether (sulfide) groups is 1. The highest BCUT2D eigenvalue weighted by atomic mass is 32.2. The predicted molar refractivity (Wildman–Crippen MR) is 63.4 cm³/mol. The van der Waals surface area contributed by atoms with Crippen molar-refractivity contribution in [1.29, 1.82) is 0 Å². The van der Waals surface area contributed by atoms with Crippen LogP contribution in [0, 0.1) is 0 Å². The topological polar surface area (TPSA) is 29.5 Å².